The standard InChI is InChI=1S/C22H23ClN6O3S/c1-14-28-20-18(3-6-32-8-7-31-2)16(13-25-22(20)33-14)11-17(30)9-15-10-19(23)21(24-12-15)29-26-4-5-27-29/h4-5,10,12-13H,3,6-9,11H2,1-2H3. The number of carbonyl (C=O) groups excluding carboxylic acids is 1. The Hall–Kier alpha value is -2.79. The SMILES string of the molecule is COCCOCCc1c(CC(=O)Cc2cnc(-n3nccn3)c(Cl)c2)cnc2sc(C)nc12. The first-order valence-electron chi connectivity index (χ1n) is 10.4. The molecule has 4 aromatic heterocycles. The highest BCUT2D eigenvalue weighted by Gasteiger charge is 2.17. The predicted octanol–water partition coefficient (Wildman–Crippen LogP) is 3.19. The Balaban J connectivity index is 1.49. The number of hydrogen-bond acceptors (Lipinski definition) is 9. The lowest BCUT2D eigenvalue weighted by Crippen LogP contribution is -2.12. The first-order chi connectivity index (χ1) is 16.0. The fraction of sp³-hybridized carbons (Fsp3) is 0.364. The van der Waals surface area contributed by atoms with Crippen LogP contribution in [0.4, 0.5) is 0 Å². The van der Waals surface area contributed by atoms with Crippen molar-refractivity contribution in [2.24, 2.45) is 0 Å². The van der Waals surface area contributed by atoms with Crippen molar-refractivity contribution in [3.8, 4) is 5.82 Å². The van der Waals surface area contributed by atoms with Gasteiger partial charge in [0.1, 0.15) is 16.1 Å². The van der Waals surface area contributed by atoms with E-state index in [2.05, 4.69) is 25.1 Å². The molecule has 0 N–H and O–H groups in total. The summed E-state index contributed by atoms with van der Waals surface area (Å²) in [5.74, 6) is 0.453. The Morgan fingerprint density at radius 1 is 1.12 bits per heavy atom. The summed E-state index contributed by atoms with van der Waals surface area (Å²) in [6.07, 6.45) is 7.59. The zero-order valence-corrected chi connectivity index (χ0v) is 19.9. The number of aromatic nitrogens is 6. The second kappa shape index (κ2) is 10.9. The van der Waals surface area contributed by atoms with Crippen LogP contribution in [0.25, 0.3) is 16.2 Å². The summed E-state index contributed by atoms with van der Waals surface area (Å²) in [7, 11) is 1.64. The average Bonchev–Trinajstić information content (AvgIpc) is 3.44. The minimum absolute atomic E-state index is 0.0347. The van der Waals surface area contributed by atoms with Crippen LogP contribution in [-0.4, -0.2) is 62.7 Å². The zero-order chi connectivity index (χ0) is 23.2. The molecule has 33 heavy (non-hydrogen) atoms. The third-order valence-corrected chi connectivity index (χ3v) is 6.09. The summed E-state index contributed by atoms with van der Waals surface area (Å²) in [6.45, 7) is 3.53. The summed E-state index contributed by atoms with van der Waals surface area (Å²) < 4.78 is 10.7. The summed E-state index contributed by atoms with van der Waals surface area (Å²) in [6, 6.07) is 1.72. The molecule has 0 saturated heterocycles. The summed E-state index contributed by atoms with van der Waals surface area (Å²) in [5.41, 5.74) is 3.44. The smallest absolute Gasteiger partial charge is 0.193 e. The van der Waals surface area contributed by atoms with Crippen molar-refractivity contribution in [2.75, 3.05) is 26.9 Å². The lowest BCUT2D eigenvalue weighted by molar-refractivity contribution is -0.117. The second-order valence-corrected chi connectivity index (χ2v) is 8.95. The fourth-order valence-electron chi connectivity index (χ4n) is 3.46. The summed E-state index contributed by atoms with van der Waals surface area (Å²) in [5, 5.41) is 9.39. The molecule has 4 heterocycles. The maximum atomic E-state index is 12.9. The Morgan fingerprint density at radius 2 is 1.94 bits per heavy atom. The molecule has 0 radical (unpaired) electrons. The number of nitrogens with zero attached hydrogens (tertiary/aromatic N) is 6. The predicted molar refractivity (Wildman–Crippen MR) is 125 cm³/mol. The van der Waals surface area contributed by atoms with Gasteiger partial charge in [0.25, 0.3) is 0 Å². The number of halogens is 1. The molecule has 0 aliphatic heterocycles. The van der Waals surface area contributed by atoms with Crippen molar-refractivity contribution in [3.05, 3.63) is 57.6 Å². The van der Waals surface area contributed by atoms with Crippen LogP contribution in [-0.2, 0) is 33.5 Å². The van der Waals surface area contributed by atoms with Gasteiger partial charge in [-0.2, -0.15) is 10.2 Å². The number of thiazole rings is 1. The number of hydrogen-bond donors (Lipinski definition) is 0. The molecule has 0 atom stereocenters. The van der Waals surface area contributed by atoms with Gasteiger partial charge in [-0.1, -0.05) is 22.9 Å². The van der Waals surface area contributed by atoms with Crippen molar-refractivity contribution in [2.45, 2.75) is 26.2 Å². The van der Waals surface area contributed by atoms with Gasteiger partial charge in [0, 0.05) is 32.3 Å². The van der Waals surface area contributed by atoms with E-state index in [0.29, 0.717) is 37.1 Å². The number of aryl methyl sites for hydroxylation is 1. The van der Waals surface area contributed by atoms with E-state index in [-0.39, 0.29) is 18.6 Å². The topological polar surface area (TPSA) is 105 Å². The van der Waals surface area contributed by atoms with Crippen LogP contribution in [0.15, 0.2) is 30.9 Å². The lowest BCUT2D eigenvalue weighted by atomic mass is 9.99. The van der Waals surface area contributed by atoms with Gasteiger partial charge in [0.05, 0.1) is 42.2 Å². The molecule has 0 fully saturated rings. The molecule has 0 unspecified atom stereocenters. The molecular formula is C22H23ClN6O3S. The number of carbonyl (C=O) groups is 1. The minimum Gasteiger partial charge on any atom is -0.382 e. The first-order valence-corrected chi connectivity index (χ1v) is 11.6. The quantitative estimate of drug-likeness (QED) is 0.298. The van der Waals surface area contributed by atoms with Crippen molar-refractivity contribution in [1.29, 1.82) is 0 Å². The van der Waals surface area contributed by atoms with Crippen molar-refractivity contribution >= 4 is 39.1 Å². The average molecular weight is 487 g/mol. The molecule has 4 aromatic rings. The molecule has 172 valence electrons. The Labute approximate surface area is 199 Å². The number of methoxy groups -OCH3 is 1. The lowest BCUT2D eigenvalue weighted by Gasteiger charge is -2.11. The number of fused-ring (bicyclic) bond motifs is 1. The largest absolute Gasteiger partial charge is 0.382 e. The number of rotatable bonds is 11. The number of ether oxygens (including phenoxy) is 2. The molecule has 9 nitrogen and oxygen atoms in total. The molecule has 0 spiro atoms. The maximum Gasteiger partial charge on any atom is 0.193 e. The molecule has 4 rings (SSSR count). The van der Waals surface area contributed by atoms with Crippen molar-refractivity contribution in [3.63, 3.8) is 0 Å². The number of Topliss-reactive ketones (excluding diaryl/α,β-unsaturated/α-hetero) is 1. The zero-order valence-electron chi connectivity index (χ0n) is 18.3. The van der Waals surface area contributed by atoms with E-state index in [4.69, 9.17) is 21.1 Å². The third kappa shape index (κ3) is 5.77. The molecule has 0 bridgehead atoms. The molecule has 0 saturated carbocycles. The van der Waals surface area contributed by atoms with Crippen LogP contribution < -0.4 is 0 Å². The second-order valence-electron chi connectivity index (χ2n) is 7.36. The number of ketones is 1. The van der Waals surface area contributed by atoms with E-state index < -0.39 is 0 Å². The van der Waals surface area contributed by atoms with E-state index in [1.165, 1.54) is 4.80 Å². The van der Waals surface area contributed by atoms with Gasteiger partial charge in [0.2, 0.25) is 0 Å². The summed E-state index contributed by atoms with van der Waals surface area (Å²) in [4.78, 5) is 28.6. The highest BCUT2D eigenvalue weighted by Crippen LogP contribution is 2.26. The molecule has 11 heteroatoms. The van der Waals surface area contributed by atoms with Gasteiger partial charge >= 0.3 is 0 Å². The third-order valence-electron chi connectivity index (χ3n) is 4.93. The highest BCUT2D eigenvalue weighted by atomic mass is 35.5. The van der Waals surface area contributed by atoms with Crippen molar-refractivity contribution < 1.29 is 14.3 Å². The van der Waals surface area contributed by atoms with E-state index in [1.807, 2.05) is 6.92 Å². The van der Waals surface area contributed by atoms with Crippen LogP contribution in [0.5, 0.6) is 0 Å². The van der Waals surface area contributed by atoms with Crippen LogP contribution in [0.1, 0.15) is 21.7 Å². The minimum atomic E-state index is 0.0347. The van der Waals surface area contributed by atoms with Gasteiger partial charge in [-0.15, -0.1) is 4.80 Å². The van der Waals surface area contributed by atoms with Gasteiger partial charge < -0.3 is 9.47 Å². The van der Waals surface area contributed by atoms with E-state index in [1.54, 1.807) is 49.3 Å². The van der Waals surface area contributed by atoms with Gasteiger partial charge in [-0.25, -0.2) is 15.0 Å². The Morgan fingerprint density at radius 3 is 2.70 bits per heavy atom. The van der Waals surface area contributed by atoms with E-state index in [0.717, 1.165) is 32.0 Å². The fourth-order valence-corrected chi connectivity index (χ4v) is 4.51. The first kappa shape index (κ1) is 23.4. The number of pyridine rings is 2. The maximum absolute atomic E-state index is 12.9. The molecule has 0 aliphatic rings. The monoisotopic (exact) mass is 486 g/mol. The normalized spacial score (nSPS) is 11.4. The molecule has 0 aromatic carbocycles. The van der Waals surface area contributed by atoms with Crippen LogP contribution >= 0.6 is 22.9 Å². The Bertz CT molecular complexity index is 1240. The van der Waals surface area contributed by atoms with Crippen molar-refractivity contribution in [1.82, 2.24) is 29.9 Å². The summed E-state index contributed by atoms with van der Waals surface area (Å²) >= 11 is 7.88. The van der Waals surface area contributed by atoms with Crippen LogP contribution in [0.3, 0.4) is 0 Å². The van der Waals surface area contributed by atoms with E-state index in [9.17, 15) is 4.79 Å². The van der Waals surface area contributed by atoms with Gasteiger partial charge in [-0.05, 0) is 36.1 Å². The Kier molecular flexibility index (Phi) is 7.71. The van der Waals surface area contributed by atoms with Crippen LogP contribution in [0.2, 0.25) is 5.02 Å². The van der Waals surface area contributed by atoms with Gasteiger partial charge in [-0.3, -0.25) is 4.79 Å². The molecule has 0 amide bonds. The van der Waals surface area contributed by atoms with E-state index >= 15 is 0 Å². The van der Waals surface area contributed by atoms with Crippen LogP contribution in [0, 0.1) is 6.92 Å². The van der Waals surface area contributed by atoms with Gasteiger partial charge in [0.15, 0.2) is 5.82 Å². The highest BCUT2D eigenvalue weighted by molar-refractivity contribution is 7.18. The molecular weight excluding hydrogens is 464 g/mol. The molecule has 0 aliphatic carbocycles.